The first-order chi connectivity index (χ1) is 10.1. The van der Waals surface area contributed by atoms with Crippen LogP contribution in [0.15, 0.2) is 24.3 Å². The van der Waals surface area contributed by atoms with Gasteiger partial charge in [0.2, 0.25) is 0 Å². The summed E-state index contributed by atoms with van der Waals surface area (Å²) < 4.78 is 10.4. The predicted octanol–water partition coefficient (Wildman–Crippen LogP) is 2.26. The third-order valence-electron chi connectivity index (χ3n) is 3.05. The SMILES string of the molecule is COCCCN(C)Cc1cc(C=CC(=O)O)ccc1OC. The number of hydrogen-bond donors (Lipinski definition) is 1. The van der Waals surface area contributed by atoms with Crippen molar-refractivity contribution in [3.63, 3.8) is 0 Å². The van der Waals surface area contributed by atoms with Gasteiger partial charge in [0.1, 0.15) is 5.75 Å². The Morgan fingerprint density at radius 2 is 2.14 bits per heavy atom. The van der Waals surface area contributed by atoms with E-state index in [2.05, 4.69) is 4.90 Å². The van der Waals surface area contributed by atoms with Gasteiger partial charge >= 0.3 is 5.97 Å². The maximum absolute atomic E-state index is 10.6. The Morgan fingerprint density at radius 1 is 1.38 bits per heavy atom. The summed E-state index contributed by atoms with van der Waals surface area (Å²) in [5, 5.41) is 8.68. The van der Waals surface area contributed by atoms with E-state index in [9.17, 15) is 4.79 Å². The van der Waals surface area contributed by atoms with Crippen LogP contribution >= 0.6 is 0 Å². The summed E-state index contributed by atoms with van der Waals surface area (Å²) in [4.78, 5) is 12.8. The van der Waals surface area contributed by atoms with Crippen LogP contribution < -0.4 is 4.74 Å². The highest BCUT2D eigenvalue weighted by Gasteiger charge is 2.07. The second kappa shape index (κ2) is 9.15. The van der Waals surface area contributed by atoms with Crippen molar-refractivity contribution in [1.82, 2.24) is 4.90 Å². The van der Waals surface area contributed by atoms with Gasteiger partial charge in [-0.25, -0.2) is 4.79 Å². The van der Waals surface area contributed by atoms with Crippen molar-refractivity contribution in [1.29, 1.82) is 0 Å². The summed E-state index contributed by atoms with van der Waals surface area (Å²) in [6, 6.07) is 5.65. The molecule has 1 rings (SSSR count). The van der Waals surface area contributed by atoms with E-state index in [1.807, 2.05) is 25.2 Å². The molecule has 0 aliphatic rings. The van der Waals surface area contributed by atoms with Gasteiger partial charge in [0.25, 0.3) is 0 Å². The highest BCUT2D eigenvalue weighted by Crippen LogP contribution is 2.22. The Hall–Kier alpha value is -1.85. The van der Waals surface area contributed by atoms with E-state index < -0.39 is 5.97 Å². The molecule has 0 saturated heterocycles. The molecule has 0 radical (unpaired) electrons. The Morgan fingerprint density at radius 3 is 2.76 bits per heavy atom. The van der Waals surface area contributed by atoms with Gasteiger partial charge in [0.15, 0.2) is 0 Å². The molecule has 0 fully saturated rings. The topological polar surface area (TPSA) is 59.0 Å². The molecule has 116 valence electrons. The molecule has 0 aliphatic heterocycles. The zero-order chi connectivity index (χ0) is 15.7. The smallest absolute Gasteiger partial charge is 0.328 e. The lowest BCUT2D eigenvalue weighted by molar-refractivity contribution is -0.131. The molecule has 0 saturated carbocycles. The van der Waals surface area contributed by atoms with Gasteiger partial charge < -0.3 is 19.5 Å². The van der Waals surface area contributed by atoms with E-state index in [0.29, 0.717) is 0 Å². The van der Waals surface area contributed by atoms with Gasteiger partial charge in [0, 0.05) is 38.4 Å². The van der Waals surface area contributed by atoms with Crippen molar-refractivity contribution in [3.05, 3.63) is 35.4 Å². The first kappa shape index (κ1) is 17.2. The van der Waals surface area contributed by atoms with Gasteiger partial charge in [-0.2, -0.15) is 0 Å². The Labute approximate surface area is 125 Å². The monoisotopic (exact) mass is 293 g/mol. The minimum absolute atomic E-state index is 0.738. The van der Waals surface area contributed by atoms with Crippen LogP contribution in [0.4, 0.5) is 0 Å². The number of nitrogens with zero attached hydrogens (tertiary/aromatic N) is 1. The third-order valence-corrected chi connectivity index (χ3v) is 3.05. The van der Waals surface area contributed by atoms with Crippen LogP contribution in [0.1, 0.15) is 17.5 Å². The van der Waals surface area contributed by atoms with Gasteiger partial charge in [-0.05, 0) is 37.2 Å². The normalized spacial score (nSPS) is 11.2. The maximum Gasteiger partial charge on any atom is 0.328 e. The highest BCUT2D eigenvalue weighted by atomic mass is 16.5. The lowest BCUT2D eigenvalue weighted by atomic mass is 10.1. The molecule has 5 nitrogen and oxygen atoms in total. The number of benzene rings is 1. The second-order valence-electron chi connectivity index (χ2n) is 4.83. The molecule has 21 heavy (non-hydrogen) atoms. The highest BCUT2D eigenvalue weighted by molar-refractivity contribution is 5.85. The quantitative estimate of drug-likeness (QED) is 0.559. The summed E-state index contributed by atoms with van der Waals surface area (Å²) in [5.41, 5.74) is 1.88. The van der Waals surface area contributed by atoms with Crippen LogP contribution in [-0.4, -0.2) is 50.4 Å². The molecular weight excluding hydrogens is 270 g/mol. The fourth-order valence-electron chi connectivity index (χ4n) is 2.04. The Balaban J connectivity index is 2.77. The van der Waals surface area contributed by atoms with Crippen LogP contribution in [0.5, 0.6) is 5.75 Å². The van der Waals surface area contributed by atoms with Crippen LogP contribution in [0.25, 0.3) is 6.08 Å². The number of ether oxygens (including phenoxy) is 2. The molecule has 0 amide bonds. The zero-order valence-corrected chi connectivity index (χ0v) is 12.8. The van der Waals surface area contributed by atoms with Crippen molar-refractivity contribution < 1.29 is 19.4 Å². The molecule has 1 N–H and O–H groups in total. The maximum atomic E-state index is 10.6. The average Bonchev–Trinajstić information content (AvgIpc) is 2.45. The molecule has 0 aliphatic carbocycles. The molecule has 0 bridgehead atoms. The Bertz CT molecular complexity index is 485. The van der Waals surface area contributed by atoms with E-state index in [1.165, 1.54) is 0 Å². The van der Waals surface area contributed by atoms with Crippen molar-refractivity contribution in [2.75, 3.05) is 34.4 Å². The third kappa shape index (κ3) is 6.42. The standard InChI is InChI=1S/C16H23NO4/c1-17(9-4-10-20-2)12-14-11-13(6-8-16(18)19)5-7-15(14)21-3/h5-8,11H,4,9-10,12H2,1-3H3,(H,18,19). The molecule has 0 heterocycles. The fourth-order valence-corrected chi connectivity index (χ4v) is 2.04. The van der Waals surface area contributed by atoms with Gasteiger partial charge in [-0.15, -0.1) is 0 Å². The molecule has 0 spiro atoms. The Kier molecular flexibility index (Phi) is 7.50. The summed E-state index contributed by atoms with van der Waals surface area (Å²) in [7, 11) is 5.37. The fraction of sp³-hybridized carbons (Fsp3) is 0.438. The van der Waals surface area contributed by atoms with E-state index >= 15 is 0 Å². The molecule has 0 aromatic heterocycles. The van der Waals surface area contributed by atoms with Crippen LogP contribution in [-0.2, 0) is 16.1 Å². The van der Waals surface area contributed by atoms with Crippen molar-refractivity contribution >= 4 is 12.0 Å². The summed E-state index contributed by atoms with van der Waals surface area (Å²) in [5.74, 6) is -0.148. The number of aliphatic carboxylic acids is 1. The van der Waals surface area contributed by atoms with Crippen LogP contribution in [0.2, 0.25) is 0 Å². The van der Waals surface area contributed by atoms with Gasteiger partial charge in [-0.3, -0.25) is 0 Å². The summed E-state index contributed by atoms with van der Waals surface area (Å²) in [6.45, 7) is 2.40. The van der Waals surface area contributed by atoms with E-state index in [4.69, 9.17) is 14.6 Å². The van der Waals surface area contributed by atoms with E-state index in [-0.39, 0.29) is 0 Å². The predicted molar refractivity (Wildman–Crippen MR) is 82.5 cm³/mol. The molecule has 5 heteroatoms. The molecule has 1 aromatic rings. The molecule has 0 atom stereocenters. The number of methoxy groups -OCH3 is 2. The molecular formula is C16H23NO4. The first-order valence-electron chi connectivity index (χ1n) is 6.82. The zero-order valence-electron chi connectivity index (χ0n) is 12.8. The van der Waals surface area contributed by atoms with E-state index in [0.717, 1.165) is 49.1 Å². The number of hydrogen-bond acceptors (Lipinski definition) is 4. The van der Waals surface area contributed by atoms with Crippen molar-refractivity contribution in [2.45, 2.75) is 13.0 Å². The largest absolute Gasteiger partial charge is 0.496 e. The molecule has 0 unspecified atom stereocenters. The average molecular weight is 293 g/mol. The lowest BCUT2D eigenvalue weighted by Crippen LogP contribution is -2.20. The summed E-state index contributed by atoms with van der Waals surface area (Å²) >= 11 is 0. The van der Waals surface area contributed by atoms with Gasteiger partial charge in [0.05, 0.1) is 7.11 Å². The van der Waals surface area contributed by atoms with Crippen LogP contribution in [0, 0.1) is 0 Å². The lowest BCUT2D eigenvalue weighted by Gasteiger charge is -2.18. The minimum Gasteiger partial charge on any atom is -0.496 e. The first-order valence-corrected chi connectivity index (χ1v) is 6.82. The number of rotatable bonds is 9. The van der Waals surface area contributed by atoms with Crippen LogP contribution in [0.3, 0.4) is 0 Å². The number of carboxylic acids is 1. The number of carboxylic acid groups (broad SMARTS) is 1. The van der Waals surface area contributed by atoms with Crippen molar-refractivity contribution in [2.24, 2.45) is 0 Å². The second-order valence-corrected chi connectivity index (χ2v) is 4.83. The molecule has 1 aromatic carbocycles. The number of carbonyl (C=O) groups is 1. The minimum atomic E-state index is -0.955. The van der Waals surface area contributed by atoms with Gasteiger partial charge in [-0.1, -0.05) is 6.07 Å². The van der Waals surface area contributed by atoms with Crippen molar-refractivity contribution in [3.8, 4) is 5.75 Å². The van der Waals surface area contributed by atoms with E-state index in [1.54, 1.807) is 20.3 Å². The summed E-state index contributed by atoms with van der Waals surface area (Å²) in [6.07, 6.45) is 3.68.